The molecule has 0 N–H and O–H groups in total. The maximum Gasteiger partial charge on any atom is 0.236 e. The van der Waals surface area contributed by atoms with Crippen LogP contribution in [0, 0.1) is 0 Å². The Morgan fingerprint density at radius 2 is 1.65 bits per heavy atom. The molecule has 5 rings (SSSR count). The molecule has 2 aromatic carbocycles. The second kappa shape index (κ2) is 9.13. The number of hydrogen-bond acceptors (Lipinski definition) is 3. The lowest BCUT2D eigenvalue weighted by molar-refractivity contribution is -0.135. The summed E-state index contributed by atoms with van der Waals surface area (Å²) in [4.78, 5) is 19.9. The Morgan fingerprint density at radius 3 is 2.32 bits per heavy atom. The second-order valence-corrected chi connectivity index (χ2v) is 9.50. The van der Waals surface area contributed by atoms with Crippen molar-refractivity contribution in [1.82, 2.24) is 14.7 Å². The van der Waals surface area contributed by atoms with Crippen LogP contribution in [0.3, 0.4) is 0 Å². The van der Waals surface area contributed by atoms with Crippen molar-refractivity contribution in [3.05, 3.63) is 59.2 Å². The first-order valence-corrected chi connectivity index (χ1v) is 12.1. The van der Waals surface area contributed by atoms with Crippen molar-refractivity contribution < 1.29 is 4.79 Å². The SMILES string of the molecule is CCc1ccc(-c2ccc3c(c2)CCN(CC(=O)N2CCN(C4CCC4)CC2)C3)cc1. The molecule has 0 unspecified atom stereocenters. The van der Waals surface area contributed by atoms with E-state index in [0.29, 0.717) is 12.5 Å². The fourth-order valence-corrected chi connectivity index (χ4v) is 5.24. The van der Waals surface area contributed by atoms with Gasteiger partial charge in [0.1, 0.15) is 0 Å². The summed E-state index contributed by atoms with van der Waals surface area (Å²) in [5.41, 5.74) is 6.79. The zero-order valence-electron chi connectivity index (χ0n) is 18.9. The Bertz CT molecular complexity index is 911. The maximum absolute atomic E-state index is 12.9. The van der Waals surface area contributed by atoms with Crippen LogP contribution in [0.4, 0.5) is 0 Å². The summed E-state index contributed by atoms with van der Waals surface area (Å²) in [7, 11) is 0. The lowest BCUT2D eigenvalue weighted by atomic mass is 9.91. The van der Waals surface area contributed by atoms with E-state index in [-0.39, 0.29) is 0 Å². The second-order valence-electron chi connectivity index (χ2n) is 9.50. The molecule has 31 heavy (non-hydrogen) atoms. The van der Waals surface area contributed by atoms with Crippen LogP contribution in [0.1, 0.15) is 42.9 Å². The predicted molar refractivity (Wildman–Crippen MR) is 126 cm³/mol. The molecule has 2 aromatic rings. The van der Waals surface area contributed by atoms with Gasteiger partial charge in [-0.05, 0) is 53.5 Å². The number of carbonyl (C=O) groups excluding carboxylic acids is 1. The average molecular weight is 418 g/mol. The molecule has 2 heterocycles. The van der Waals surface area contributed by atoms with Crippen molar-refractivity contribution in [3.63, 3.8) is 0 Å². The molecule has 1 saturated heterocycles. The summed E-state index contributed by atoms with van der Waals surface area (Å²) in [6.07, 6.45) is 6.20. The van der Waals surface area contributed by atoms with Crippen LogP contribution in [0.5, 0.6) is 0 Å². The molecular weight excluding hydrogens is 382 g/mol. The fourth-order valence-electron chi connectivity index (χ4n) is 5.24. The van der Waals surface area contributed by atoms with Crippen molar-refractivity contribution in [2.24, 2.45) is 0 Å². The Hall–Kier alpha value is -2.17. The number of piperazine rings is 1. The van der Waals surface area contributed by atoms with E-state index in [2.05, 4.69) is 64.1 Å². The Kier molecular flexibility index (Phi) is 6.10. The van der Waals surface area contributed by atoms with Crippen molar-refractivity contribution >= 4 is 5.91 Å². The molecule has 0 radical (unpaired) electrons. The third-order valence-corrected chi connectivity index (χ3v) is 7.61. The molecule has 0 aromatic heterocycles. The number of fused-ring (bicyclic) bond motifs is 1. The quantitative estimate of drug-likeness (QED) is 0.737. The topological polar surface area (TPSA) is 26.8 Å². The van der Waals surface area contributed by atoms with Crippen molar-refractivity contribution in [2.45, 2.75) is 51.6 Å². The molecule has 4 nitrogen and oxygen atoms in total. The number of rotatable bonds is 5. The summed E-state index contributed by atoms with van der Waals surface area (Å²) in [5, 5.41) is 0. The lowest BCUT2D eigenvalue weighted by Crippen LogP contribution is -2.55. The zero-order valence-corrected chi connectivity index (χ0v) is 18.9. The van der Waals surface area contributed by atoms with Crippen LogP contribution in [0.25, 0.3) is 11.1 Å². The number of amides is 1. The van der Waals surface area contributed by atoms with Gasteiger partial charge in [-0.25, -0.2) is 0 Å². The molecule has 2 aliphatic heterocycles. The first-order chi connectivity index (χ1) is 15.2. The van der Waals surface area contributed by atoms with Crippen LogP contribution >= 0.6 is 0 Å². The molecule has 1 amide bonds. The van der Waals surface area contributed by atoms with Gasteiger partial charge < -0.3 is 4.90 Å². The maximum atomic E-state index is 12.9. The van der Waals surface area contributed by atoms with Gasteiger partial charge in [-0.2, -0.15) is 0 Å². The molecule has 1 aliphatic carbocycles. The van der Waals surface area contributed by atoms with Crippen LogP contribution in [0.15, 0.2) is 42.5 Å². The Balaban J connectivity index is 1.16. The molecule has 0 bridgehead atoms. The standard InChI is InChI=1S/C27H35N3O/c1-2-21-6-8-22(9-7-21)23-10-11-25-19-28(13-12-24(25)18-23)20-27(31)30-16-14-29(15-17-30)26-4-3-5-26/h6-11,18,26H,2-5,12-17,19-20H2,1H3. The van der Waals surface area contributed by atoms with E-state index in [1.54, 1.807) is 0 Å². The van der Waals surface area contributed by atoms with Gasteiger partial charge in [0, 0.05) is 45.3 Å². The minimum absolute atomic E-state index is 0.310. The molecule has 3 aliphatic rings. The number of hydrogen-bond donors (Lipinski definition) is 0. The van der Waals surface area contributed by atoms with Gasteiger partial charge in [0.2, 0.25) is 5.91 Å². The van der Waals surface area contributed by atoms with E-state index in [1.807, 2.05) is 0 Å². The van der Waals surface area contributed by atoms with Gasteiger partial charge in [0.15, 0.2) is 0 Å². The Labute approximate surface area is 186 Å². The third kappa shape index (κ3) is 4.56. The first kappa shape index (κ1) is 20.7. The van der Waals surface area contributed by atoms with Gasteiger partial charge in [0.05, 0.1) is 6.54 Å². The zero-order chi connectivity index (χ0) is 21.2. The summed E-state index contributed by atoms with van der Waals surface area (Å²) < 4.78 is 0. The minimum Gasteiger partial charge on any atom is -0.339 e. The van der Waals surface area contributed by atoms with Gasteiger partial charge in [-0.1, -0.05) is 55.8 Å². The highest BCUT2D eigenvalue weighted by molar-refractivity contribution is 5.78. The minimum atomic E-state index is 0.310. The lowest BCUT2D eigenvalue weighted by Gasteiger charge is -2.43. The molecular formula is C27H35N3O. The van der Waals surface area contributed by atoms with E-state index in [4.69, 9.17) is 0 Å². The van der Waals surface area contributed by atoms with E-state index in [1.165, 1.54) is 47.1 Å². The highest BCUT2D eigenvalue weighted by Crippen LogP contribution is 2.27. The molecule has 0 atom stereocenters. The molecule has 2 fully saturated rings. The van der Waals surface area contributed by atoms with Crippen LogP contribution in [0.2, 0.25) is 0 Å². The molecule has 164 valence electrons. The average Bonchev–Trinajstić information content (AvgIpc) is 2.78. The largest absolute Gasteiger partial charge is 0.339 e. The molecule has 4 heteroatoms. The van der Waals surface area contributed by atoms with Crippen LogP contribution in [-0.2, 0) is 24.2 Å². The number of carbonyl (C=O) groups is 1. The van der Waals surface area contributed by atoms with E-state index >= 15 is 0 Å². The predicted octanol–water partition coefficient (Wildman–Crippen LogP) is 3.97. The monoisotopic (exact) mass is 417 g/mol. The fraction of sp³-hybridized carbons (Fsp3) is 0.519. The van der Waals surface area contributed by atoms with Gasteiger partial charge in [-0.3, -0.25) is 14.6 Å². The highest BCUT2D eigenvalue weighted by Gasteiger charge is 2.30. The van der Waals surface area contributed by atoms with Gasteiger partial charge >= 0.3 is 0 Å². The molecule has 1 saturated carbocycles. The van der Waals surface area contributed by atoms with Crippen molar-refractivity contribution in [3.8, 4) is 11.1 Å². The van der Waals surface area contributed by atoms with Crippen LogP contribution < -0.4 is 0 Å². The normalized spacial score (nSPS) is 20.4. The van der Waals surface area contributed by atoms with E-state index in [9.17, 15) is 4.79 Å². The highest BCUT2D eigenvalue weighted by atomic mass is 16.2. The number of nitrogens with zero attached hydrogens (tertiary/aromatic N) is 3. The summed E-state index contributed by atoms with van der Waals surface area (Å²) in [6, 6.07) is 16.6. The third-order valence-electron chi connectivity index (χ3n) is 7.61. The van der Waals surface area contributed by atoms with E-state index < -0.39 is 0 Å². The summed E-state index contributed by atoms with van der Waals surface area (Å²) in [6.45, 7) is 8.53. The first-order valence-electron chi connectivity index (χ1n) is 12.1. The molecule has 0 spiro atoms. The summed E-state index contributed by atoms with van der Waals surface area (Å²) in [5.74, 6) is 0.310. The number of benzene rings is 2. The Morgan fingerprint density at radius 1 is 0.903 bits per heavy atom. The van der Waals surface area contributed by atoms with E-state index in [0.717, 1.165) is 58.2 Å². The van der Waals surface area contributed by atoms with Gasteiger partial charge in [-0.15, -0.1) is 0 Å². The van der Waals surface area contributed by atoms with Gasteiger partial charge in [0.25, 0.3) is 0 Å². The smallest absolute Gasteiger partial charge is 0.236 e. The van der Waals surface area contributed by atoms with Crippen molar-refractivity contribution in [1.29, 1.82) is 0 Å². The number of aryl methyl sites for hydroxylation is 1. The van der Waals surface area contributed by atoms with Crippen LogP contribution in [-0.4, -0.2) is 65.9 Å². The van der Waals surface area contributed by atoms with Crippen molar-refractivity contribution in [2.75, 3.05) is 39.3 Å². The summed E-state index contributed by atoms with van der Waals surface area (Å²) >= 11 is 0.